The first-order valence-corrected chi connectivity index (χ1v) is 9.40. The minimum absolute atomic E-state index is 0.325. The minimum Gasteiger partial charge on any atom is -0.484 e. The summed E-state index contributed by atoms with van der Waals surface area (Å²) in [6, 6.07) is 12.2. The van der Waals surface area contributed by atoms with Crippen molar-refractivity contribution in [1.29, 1.82) is 0 Å². The molecule has 26 heavy (non-hydrogen) atoms. The Balaban J connectivity index is 1.26. The molecule has 6 heteroatoms. The topological polar surface area (TPSA) is 53.1 Å². The van der Waals surface area contributed by atoms with Crippen LogP contribution in [0.5, 0.6) is 5.75 Å². The van der Waals surface area contributed by atoms with Crippen molar-refractivity contribution >= 4 is 11.3 Å². The molecular weight excluding hydrogens is 346 g/mol. The number of benzene rings is 1. The highest BCUT2D eigenvalue weighted by molar-refractivity contribution is 7.13. The van der Waals surface area contributed by atoms with E-state index < -0.39 is 0 Å². The number of hydrogen-bond donors (Lipinski definition) is 0. The van der Waals surface area contributed by atoms with Gasteiger partial charge in [-0.3, -0.25) is 0 Å². The predicted molar refractivity (Wildman–Crippen MR) is 101 cm³/mol. The lowest BCUT2D eigenvalue weighted by Gasteiger charge is -2.06. The van der Waals surface area contributed by atoms with Crippen LogP contribution in [0.25, 0.3) is 10.6 Å². The van der Waals surface area contributed by atoms with Gasteiger partial charge < -0.3 is 13.7 Å². The van der Waals surface area contributed by atoms with Gasteiger partial charge in [-0.1, -0.05) is 18.2 Å². The summed E-state index contributed by atoms with van der Waals surface area (Å²) in [5.41, 5.74) is 2.15. The average molecular weight is 365 g/mol. The van der Waals surface area contributed by atoms with E-state index in [0.717, 1.165) is 35.7 Å². The maximum atomic E-state index is 5.78. The quantitative estimate of drug-likeness (QED) is 0.449. The van der Waals surface area contributed by atoms with Crippen LogP contribution in [0.3, 0.4) is 0 Å². The van der Waals surface area contributed by atoms with E-state index in [1.807, 2.05) is 48.4 Å². The molecular formula is C20H19N3O2S. The Morgan fingerprint density at radius 3 is 2.85 bits per heavy atom. The normalized spacial score (nSPS) is 10.9. The van der Waals surface area contributed by atoms with Gasteiger partial charge in [0.15, 0.2) is 6.61 Å². The molecule has 0 aliphatic heterocycles. The van der Waals surface area contributed by atoms with Gasteiger partial charge in [0.1, 0.15) is 17.7 Å². The van der Waals surface area contributed by atoms with E-state index in [1.54, 1.807) is 17.6 Å². The second-order valence-electron chi connectivity index (χ2n) is 5.94. The third-order valence-electron chi connectivity index (χ3n) is 4.05. The van der Waals surface area contributed by atoms with E-state index in [-0.39, 0.29) is 0 Å². The molecule has 4 rings (SSSR count). The molecule has 0 saturated carbocycles. The largest absolute Gasteiger partial charge is 0.484 e. The Morgan fingerprint density at radius 1 is 1.15 bits per heavy atom. The molecule has 0 aliphatic rings. The second kappa shape index (κ2) is 8.01. The van der Waals surface area contributed by atoms with Crippen molar-refractivity contribution < 1.29 is 9.15 Å². The number of oxazole rings is 1. The number of thiophene rings is 1. The van der Waals surface area contributed by atoms with Crippen LogP contribution in [0.1, 0.15) is 17.9 Å². The number of rotatable bonds is 8. The SMILES string of the molecule is c1csc(-c2coc(COc3ccc(CCCn4ccnc4)cc3)n2)c1. The number of ether oxygens (including phenoxy) is 1. The molecule has 0 saturated heterocycles. The Morgan fingerprint density at radius 2 is 2.08 bits per heavy atom. The second-order valence-corrected chi connectivity index (χ2v) is 6.89. The van der Waals surface area contributed by atoms with Crippen LogP contribution >= 0.6 is 11.3 Å². The van der Waals surface area contributed by atoms with Crippen molar-refractivity contribution in [2.24, 2.45) is 0 Å². The first-order chi connectivity index (χ1) is 12.9. The lowest BCUT2D eigenvalue weighted by molar-refractivity contribution is 0.263. The smallest absolute Gasteiger partial charge is 0.232 e. The van der Waals surface area contributed by atoms with Crippen molar-refractivity contribution in [3.05, 3.63) is 78.2 Å². The zero-order chi connectivity index (χ0) is 17.6. The van der Waals surface area contributed by atoms with Crippen molar-refractivity contribution in [3.8, 4) is 16.3 Å². The maximum absolute atomic E-state index is 5.78. The van der Waals surface area contributed by atoms with Crippen molar-refractivity contribution in [2.75, 3.05) is 0 Å². The molecule has 0 fully saturated rings. The number of nitrogens with zero attached hydrogens (tertiary/aromatic N) is 3. The van der Waals surface area contributed by atoms with Crippen molar-refractivity contribution in [3.63, 3.8) is 0 Å². The lowest BCUT2D eigenvalue weighted by atomic mass is 10.1. The number of imidazole rings is 1. The summed E-state index contributed by atoms with van der Waals surface area (Å²) in [6.07, 6.45) is 9.44. The third-order valence-corrected chi connectivity index (χ3v) is 4.94. The third kappa shape index (κ3) is 4.21. The molecule has 0 spiro atoms. The molecule has 4 aromatic rings. The summed E-state index contributed by atoms with van der Waals surface area (Å²) >= 11 is 1.64. The van der Waals surface area contributed by atoms with Crippen LogP contribution in [-0.4, -0.2) is 14.5 Å². The van der Waals surface area contributed by atoms with Crippen LogP contribution < -0.4 is 4.74 Å². The zero-order valence-corrected chi connectivity index (χ0v) is 15.1. The van der Waals surface area contributed by atoms with E-state index in [4.69, 9.17) is 9.15 Å². The van der Waals surface area contributed by atoms with E-state index >= 15 is 0 Å². The molecule has 5 nitrogen and oxygen atoms in total. The van der Waals surface area contributed by atoms with Crippen LogP contribution in [0.15, 0.2) is 71.2 Å². The minimum atomic E-state index is 0.325. The molecule has 1 aromatic carbocycles. The fourth-order valence-corrected chi connectivity index (χ4v) is 3.37. The van der Waals surface area contributed by atoms with Crippen LogP contribution in [-0.2, 0) is 19.6 Å². The summed E-state index contributed by atoms with van der Waals surface area (Å²) in [5, 5.41) is 2.02. The highest BCUT2D eigenvalue weighted by atomic mass is 32.1. The van der Waals surface area contributed by atoms with Gasteiger partial charge in [0.25, 0.3) is 0 Å². The van der Waals surface area contributed by atoms with Crippen molar-refractivity contribution in [2.45, 2.75) is 26.0 Å². The molecule has 0 aliphatic carbocycles. The molecule has 0 radical (unpaired) electrons. The van der Waals surface area contributed by atoms with Gasteiger partial charge in [0, 0.05) is 18.9 Å². The Kier molecular flexibility index (Phi) is 5.12. The van der Waals surface area contributed by atoms with Crippen LogP contribution in [0.4, 0.5) is 0 Å². The molecule has 0 atom stereocenters. The fourth-order valence-electron chi connectivity index (χ4n) is 2.70. The average Bonchev–Trinajstić information content (AvgIpc) is 3.42. The molecule has 0 N–H and O–H groups in total. The molecule has 0 unspecified atom stereocenters. The van der Waals surface area contributed by atoms with Crippen molar-refractivity contribution in [1.82, 2.24) is 14.5 Å². The Labute approximate surface area is 155 Å². The van der Waals surface area contributed by atoms with E-state index in [0.29, 0.717) is 12.5 Å². The summed E-state index contributed by atoms with van der Waals surface area (Å²) in [7, 11) is 0. The predicted octanol–water partition coefficient (Wildman–Crippen LogP) is 4.81. The van der Waals surface area contributed by atoms with Gasteiger partial charge >= 0.3 is 0 Å². The highest BCUT2D eigenvalue weighted by Crippen LogP contribution is 2.24. The van der Waals surface area contributed by atoms with Crippen LogP contribution in [0.2, 0.25) is 0 Å². The summed E-state index contributed by atoms with van der Waals surface area (Å²) in [4.78, 5) is 9.61. The molecule has 0 amide bonds. The first kappa shape index (κ1) is 16.6. The van der Waals surface area contributed by atoms with Gasteiger partial charge in [-0.15, -0.1) is 11.3 Å². The number of aryl methyl sites for hydroxylation is 2. The molecule has 3 heterocycles. The number of aromatic nitrogens is 3. The Bertz CT molecular complexity index is 913. The van der Waals surface area contributed by atoms with Crippen LogP contribution in [0, 0.1) is 0 Å². The Hall–Kier alpha value is -2.86. The van der Waals surface area contributed by atoms with Gasteiger partial charge in [0.2, 0.25) is 5.89 Å². The first-order valence-electron chi connectivity index (χ1n) is 8.52. The molecule has 132 valence electrons. The molecule has 3 aromatic heterocycles. The van der Waals surface area contributed by atoms with Gasteiger partial charge in [0.05, 0.1) is 11.2 Å². The summed E-state index contributed by atoms with van der Waals surface area (Å²) in [5.74, 6) is 1.40. The van der Waals surface area contributed by atoms with Gasteiger partial charge in [-0.25, -0.2) is 9.97 Å². The van der Waals surface area contributed by atoms with Gasteiger partial charge in [-0.2, -0.15) is 0 Å². The fraction of sp³-hybridized carbons (Fsp3) is 0.200. The van der Waals surface area contributed by atoms with E-state index in [1.165, 1.54) is 5.56 Å². The standard InChI is InChI=1S/C20H19N3O2S/c1(10-23-11-9-21-15-23)3-16-5-7-17(8-6-16)24-14-20-22-18(13-25-20)19-4-2-12-26-19/h2,4-9,11-13,15H,1,3,10,14H2. The van der Waals surface area contributed by atoms with E-state index in [2.05, 4.69) is 26.7 Å². The maximum Gasteiger partial charge on any atom is 0.232 e. The molecule has 0 bridgehead atoms. The zero-order valence-electron chi connectivity index (χ0n) is 14.2. The highest BCUT2D eigenvalue weighted by Gasteiger charge is 2.07. The van der Waals surface area contributed by atoms with Gasteiger partial charge in [-0.05, 0) is 42.0 Å². The summed E-state index contributed by atoms with van der Waals surface area (Å²) < 4.78 is 13.4. The van der Waals surface area contributed by atoms with E-state index in [9.17, 15) is 0 Å². The summed E-state index contributed by atoms with van der Waals surface area (Å²) in [6.45, 7) is 1.31. The monoisotopic (exact) mass is 365 g/mol. The number of hydrogen-bond acceptors (Lipinski definition) is 5. The lowest BCUT2D eigenvalue weighted by Crippen LogP contribution is -1.98.